The van der Waals surface area contributed by atoms with E-state index >= 15 is 0 Å². The van der Waals surface area contributed by atoms with Crippen LogP contribution in [0.25, 0.3) is 0 Å². The Morgan fingerprint density at radius 2 is 2.45 bits per heavy atom. The lowest BCUT2D eigenvalue weighted by molar-refractivity contribution is 0.0752. The molecule has 0 aliphatic carbocycles. The Bertz CT molecular complexity index is 630. The molecule has 1 amide bonds. The van der Waals surface area contributed by atoms with E-state index in [1.807, 2.05) is 36.5 Å². The highest BCUT2D eigenvalue weighted by molar-refractivity contribution is 7.09. The molecule has 3 heterocycles. The first-order chi connectivity index (χ1) is 10.7. The topological polar surface area (TPSA) is 47.4 Å². The third kappa shape index (κ3) is 3.08. The van der Waals surface area contributed by atoms with E-state index in [0.717, 1.165) is 24.3 Å². The van der Waals surface area contributed by atoms with Crippen molar-refractivity contribution in [2.45, 2.75) is 25.8 Å². The van der Waals surface area contributed by atoms with Crippen molar-refractivity contribution in [3.63, 3.8) is 0 Å². The molecule has 5 nitrogen and oxygen atoms in total. The Kier molecular flexibility index (Phi) is 4.59. The van der Waals surface area contributed by atoms with Crippen molar-refractivity contribution in [1.82, 2.24) is 14.7 Å². The number of thiophene rings is 1. The first-order valence-corrected chi connectivity index (χ1v) is 8.50. The number of hydrogen-bond acceptors (Lipinski definition) is 4. The molecule has 1 unspecified atom stereocenters. The summed E-state index contributed by atoms with van der Waals surface area (Å²) < 4.78 is 7.19. The SMILES string of the molecule is CCN(Cc1cccs1)C(=O)c1cn(C)nc1C1CCOC1. The third-order valence-corrected chi connectivity index (χ3v) is 4.86. The average molecular weight is 319 g/mol. The predicted octanol–water partition coefficient (Wildman–Crippen LogP) is 2.65. The van der Waals surface area contributed by atoms with Gasteiger partial charge in [-0.15, -0.1) is 11.3 Å². The van der Waals surface area contributed by atoms with Gasteiger partial charge < -0.3 is 9.64 Å². The minimum Gasteiger partial charge on any atom is -0.381 e. The molecule has 6 heteroatoms. The van der Waals surface area contributed by atoms with Gasteiger partial charge in [0.25, 0.3) is 5.91 Å². The van der Waals surface area contributed by atoms with Crippen LogP contribution in [0.15, 0.2) is 23.7 Å². The molecule has 0 spiro atoms. The van der Waals surface area contributed by atoms with Crippen LogP contribution in [0, 0.1) is 0 Å². The zero-order valence-corrected chi connectivity index (χ0v) is 13.8. The quantitative estimate of drug-likeness (QED) is 0.851. The standard InChI is InChI=1S/C16H21N3O2S/c1-3-19(9-13-5-4-8-22-13)16(20)14-10-18(2)17-15(14)12-6-7-21-11-12/h4-5,8,10,12H,3,6-7,9,11H2,1-2H3. The maximum Gasteiger partial charge on any atom is 0.257 e. The van der Waals surface area contributed by atoms with Crippen molar-refractivity contribution in [2.75, 3.05) is 19.8 Å². The van der Waals surface area contributed by atoms with Crippen molar-refractivity contribution in [3.8, 4) is 0 Å². The number of carbonyl (C=O) groups excluding carboxylic acids is 1. The van der Waals surface area contributed by atoms with Crippen LogP contribution in [-0.2, 0) is 18.3 Å². The fourth-order valence-electron chi connectivity index (χ4n) is 2.81. The predicted molar refractivity (Wildman–Crippen MR) is 86.1 cm³/mol. The van der Waals surface area contributed by atoms with Crippen LogP contribution in [0.1, 0.15) is 40.2 Å². The van der Waals surface area contributed by atoms with Gasteiger partial charge >= 0.3 is 0 Å². The lowest BCUT2D eigenvalue weighted by Crippen LogP contribution is -2.30. The molecule has 118 valence electrons. The van der Waals surface area contributed by atoms with Crippen LogP contribution in [-0.4, -0.2) is 40.3 Å². The van der Waals surface area contributed by atoms with E-state index in [4.69, 9.17) is 4.74 Å². The summed E-state index contributed by atoms with van der Waals surface area (Å²) in [6, 6.07) is 4.08. The van der Waals surface area contributed by atoms with Crippen molar-refractivity contribution in [1.29, 1.82) is 0 Å². The number of ether oxygens (including phenoxy) is 1. The van der Waals surface area contributed by atoms with Crippen molar-refractivity contribution in [2.24, 2.45) is 7.05 Å². The lowest BCUT2D eigenvalue weighted by atomic mass is 10.0. The van der Waals surface area contributed by atoms with Crippen LogP contribution in [0.2, 0.25) is 0 Å². The summed E-state index contributed by atoms with van der Waals surface area (Å²) in [6.45, 7) is 4.77. The number of hydrogen-bond donors (Lipinski definition) is 0. The second-order valence-electron chi connectivity index (χ2n) is 5.56. The fraction of sp³-hybridized carbons (Fsp3) is 0.500. The number of aromatic nitrogens is 2. The second kappa shape index (κ2) is 6.62. The van der Waals surface area contributed by atoms with Crippen molar-refractivity contribution in [3.05, 3.63) is 39.8 Å². The van der Waals surface area contributed by atoms with Gasteiger partial charge in [-0.25, -0.2) is 0 Å². The van der Waals surface area contributed by atoms with E-state index in [9.17, 15) is 4.79 Å². The minimum absolute atomic E-state index is 0.0610. The van der Waals surface area contributed by atoms with Gasteiger partial charge in [-0.05, 0) is 24.8 Å². The van der Waals surface area contributed by atoms with E-state index in [2.05, 4.69) is 11.2 Å². The summed E-state index contributed by atoms with van der Waals surface area (Å²) >= 11 is 1.68. The van der Waals surface area contributed by atoms with Gasteiger partial charge in [-0.3, -0.25) is 9.48 Å². The fourth-order valence-corrected chi connectivity index (χ4v) is 3.53. The lowest BCUT2D eigenvalue weighted by Gasteiger charge is -2.20. The Morgan fingerprint density at radius 1 is 1.59 bits per heavy atom. The Balaban J connectivity index is 1.83. The smallest absolute Gasteiger partial charge is 0.257 e. The molecule has 1 fully saturated rings. The summed E-state index contributed by atoms with van der Waals surface area (Å²) in [5, 5.41) is 6.56. The van der Waals surface area contributed by atoms with Gasteiger partial charge in [0.15, 0.2) is 0 Å². The molecular weight excluding hydrogens is 298 g/mol. The molecule has 3 rings (SSSR count). The van der Waals surface area contributed by atoms with Gasteiger partial charge in [0.1, 0.15) is 0 Å². The van der Waals surface area contributed by atoms with E-state index < -0.39 is 0 Å². The van der Waals surface area contributed by atoms with Gasteiger partial charge in [0, 0.05) is 37.2 Å². The van der Waals surface area contributed by atoms with Gasteiger partial charge in [-0.1, -0.05) is 6.07 Å². The van der Waals surface area contributed by atoms with Gasteiger partial charge in [0.05, 0.1) is 24.4 Å². The average Bonchev–Trinajstić information content (AvgIpc) is 3.24. The van der Waals surface area contributed by atoms with Crippen molar-refractivity contribution < 1.29 is 9.53 Å². The number of nitrogens with zero attached hydrogens (tertiary/aromatic N) is 3. The molecule has 2 aromatic rings. The van der Waals surface area contributed by atoms with E-state index in [-0.39, 0.29) is 11.8 Å². The number of aryl methyl sites for hydroxylation is 1. The zero-order chi connectivity index (χ0) is 15.5. The first kappa shape index (κ1) is 15.2. The molecule has 1 atom stereocenters. The van der Waals surface area contributed by atoms with Crippen LogP contribution < -0.4 is 0 Å². The molecule has 22 heavy (non-hydrogen) atoms. The highest BCUT2D eigenvalue weighted by Gasteiger charge is 2.28. The second-order valence-corrected chi connectivity index (χ2v) is 6.59. The van der Waals surface area contributed by atoms with Crippen LogP contribution in [0.5, 0.6) is 0 Å². The third-order valence-electron chi connectivity index (χ3n) is 4.00. The summed E-state index contributed by atoms with van der Waals surface area (Å²) in [6.07, 6.45) is 2.78. The normalized spacial score (nSPS) is 17.8. The van der Waals surface area contributed by atoms with E-state index in [1.54, 1.807) is 16.0 Å². The largest absolute Gasteiger partial charge is 0.381 e. The van der Waals surface area contributed by atoms with Crippen LogP contribution >= 0.6 is 11.3 Å². The van der Waals surface area contributed by atoms with Gasteiger partial charge in [-0.2, -0.15) is 5.10 Å². The van der Waals surface area contributed by atoms with E-state index in [1.165, 1.54) is 4.88 Å². The first-order valence-electron chi connectivity index (χ1n) is 7.62. The van der Waals surface area contributed by atoms with E-state index in [0.29, 0.717) is 19.7 Å². The number of carbonyl (C=O) groups is 1. The summed E-state index contributed by atoms with van der Waals surface area (Å²) in [5.74, 6) is 0.298. The monoisotopic (exact) mass is 319 g/mol. The summed E-state index contributed by atoms with van der Waals surface area (Å²) in [7, 11) is 1.87. The number of amides is 1. The Morgan fingerprint density at radius 3 is 3.09 bits per heavy atom. The minimum atomic E-state index is 0.0610. The molecule has 2 aromatic heterocycles. The highest BCUT2D eigenvalue weighted by Crippen LogP contribution is 2.27. The van der Waals surface area contributed by atoms with Crippen LogP contribution in [0.3, 0.4) is 0 Å². The Labute approximate surface area is 134 Å². The molecule has 0 N–H and O–H groups in total. The molecular formula is C16H21N3O2S. The summed E-state index contributed by atoms with van der Waals surface area (Å²) in [4.78, 5) is 16.0. The molecule has 1 aliphatic rings. The molecule has 0 aromatic carbocycles. The molecule has 0 radical (unpaired) electrons. The maximum atomic E-state index is 12.9. The molecule has 1 saturated heterocycles. The molecule has 0 saturated carbocycles. The van der Waals surface area contributed by atoms with Crippen LogP contribution in [0.4, 0.5) is 0 Å². The highest BCUT2D eigenvalue weighted by atomic mass is 32.1. The maximum absolute atomic E-state index is 12.9. The molecule has 0 bridgehead atoms. The van der Waals surface area contributed by atoms with Crippen molar-refractivity contribution >= 4 is 17.2 Å². The number of rotatable bonds is 5. The Hall–Kier alpha value is -1.66. The molecule has 1 aliphatic heterocycles. The van der Waals surface area contributed by atoms with Gasteiger partial charge in [0.2, 0.25) is 0 Å². The summed E-state index contributed by atoms with van der Waals surface area (Å²) in [5.41, 5.74) is 1.60. The zero-order valence-electron chi connectivity index (χ0n) is 13.0.